The molecular formula is C19H17N4NaO7. The molecule has 1 aromatic carbocycles. The van der Waals surface area contributed by atoms with E-state index >= 15 is 0 Å². The van der Waals surface area contributed by atoms with Crippen molar-refractivity contribution >= 4 is 6.16 Å². The van der Waals surface area contributed by atoms with E-state index in [-0.39, 0.29) is 81.6 Å². The summed E-state index contributed by atoms with van der Waals surface area (Å²) < 4.78 is 25.6. The minimum Gasteiger partial charge on any atom is -0.512 e. The molecular weight excluding hydrogens is 419 g/mol. The van der Waals surface area contributed by atoms with E-state index in [1.165, 1.54) is 40.6 Å². The van der Waals surface area contributed by atoms with Crippen molar-refractivity contribution in [2.45, 2.75) is 0 Å². The molecule has 0 aliphatic carbocycles. The topological polar surface area (TPSA) is 138 Å². The van der Waals surface area contributed by atoms with Crippen molar-refractivity contribution in [3.63, 3.8) is 0 Å². The van der Waals surface area contributed by atoms with Crippen molar-refractivity contribution in [3.05, 3.63) is 30.3 Å². The number of hydrogen-bond donors (Lipinski definition) is 0. The number of aromatic nitrogens is 4. The molecule has 0 radical (unpaired) electrons. The Labute approximate surface area is 199 Å². The normalized spacial score (nSPS) is 9.94. The summed E-state index contributed by atoms with van der Waals surface area (Å²) in [6, 6.07) is 7.71. The Morgan fingerprint density at radius 2 is 1.10 bits per heavy atom. The molecule has 2 heterocycles. The first-order chi connectivity index (χ1) is 14.5. The Hall–Kier alpha value is -3.15. The van der Waals surface area contributed by atoms with E-state index in [2.05, 4.69) is 19.9 Å². The quantitative estimate of drug-likeness (QED) is 0.239. The van der Waals surface area contributed by atoms with E-state index in [0.717, 1.165) is 0 Å². The second-order valence-corrected chi connectivity index (χ2v) is 5.59. The second kappa shape index (κ2) is 10.8. The third-order valence-electron chi connectivity index (χ3n) is 3.88. The molecule has 3 rings (SSSR count). The molecule has 0 aliphatic rings. The maximum Gasteiger partial charge on any atom is 1.00 e. The van der Waals surface area contributed by atoms with Gasteiger partial charge in [0, 0.05) is 11.1 Å². The predicted molar refractivity (Wildman–Crippen MR) is 101 cm³/mol. The van der Waals surface area contributed by atoms with Crippen LogP contribution in [0.1, 0.15) is 0 Å². The molecule has 156 valence electrons. The number of carbonyl (C=O) groups is 1. The van der Waals surface area contributed by atoms with Crippen molar-refractivity contribution in [3.8, 4) is 52.0 Å². The molecule has 0 spiro atoms. The van der Waals surface area contributed by atoms with Gasteiger partial charge in [-0.2, -0.15) is 19.9 Å². The zero-order valence-corrected chi connectivity index (χ0v) is 19.5. The first kappa shape index (κ1) is 24.1. The summed E-state index contributed by atoms with van der Waals surface area (Å²) in [5.74, 6) is 0.894. The van der Waals surface area contributed by atoms with Crippen LogP contribution in [0, 0.1) is 0 Å². The fraction of sp³-hybridized carbons (Fsp3) is 0.211. The van der Waals surface area contributed by atoms with E-state index in [1.807, 2.05) is 0 Å². The van der Waals surface area contributed by atoms with Crippen LogP contribution in [0.4, 0.5) is 4.79 Å². The summed E-state index contributed by atoms with van der Waals surface area (Å²) in [6.45, 7) is 0. The van der Waals surface area contributed by atoms with Crippen LogP contribution < -0.4 is 58.3 Å². The molecule has 0 saturated carbocycles. The molecule has 0 amide bonds. The van der Waals surface area contributed by atoms with Crippen molar-refractivity contribution in [1.29, 1.82) is 0 Å². The molecule has 0 fully saturated rings. The second-order valence-electron chi connectivity index (χ2n) is 5.59. The molecule has 0 atom stereocenters. The van der Waals surface area contributed by atoms with E-state index in [9.17, 15) is 9.90 Å². The Morgan fingerprint density at radius 1 is 0.742 bits per heavy atom. The smallest absolute Gasteiger partial charge is 0.512 e. The summed E-state index contributed by atoms with van der Waals surface area (Å²) in [6.07, 6.45) is -1.78. The van der Waals surface area contributed by atoms with Gasteiger partial charge in [-0.15, -0.1) is 0 Å². The number of ether oxygens (including phenoxy) is 5. The number of rotatable bonds is 7. The number of hydrogen-bond acceptors (Lipinski definition) is 11. The third-order valence-corrected chi connectivity index (χ3v) is 3.88. The molecule has 11 nitrogen and oxygen atoms in total. The van der Waals surface area contributed by atoms with Gasteiger partial charge in [0.05, 0.1) is 46.3 Å². The zero-order valence-electron chi connectivity index (χ0n) is 17.5. The molecule has 0 N–H and O–H groups in total. The Morgan fingerprint density at radius 3 is 1.39 bits per heavy atom. The SMILES string of the molecule is COc1cc(OC)nc(-c2cccc(-c3nc(OC)cc(OC)n3)c2OC(=O)[O-])n1.[Na+]. The maximum atomic E-state index is 11.3. The molecule has 0 aliphatic heterocycles. The van der Waals surface area contributed by atoms with E-state index < -0.39 is 6.16 Å². The van der Waals surface area contributed by atoms with Gasteiger partial charge in [-0.25, -0.2) is 0 Å². The van der Waals surface area contributed by atoms with Gasteiger partial charge in [0.25, 0.3) is 6.16 Å². The first-order valence-electron chi connectivity index (χ1n) is 8.45. The maximum absolute atomic E-state index is 11.3. The number of carboxylic acid groups (broad SMARTS) is 1. The Balaban J connectivity index is 0.00000341. The summed E-state index contributed by atoms with van der Waals surface area (Å²) in [5, 5.41) is 11.3. The predicted octanol–water partition coefficient (Wildman–Crippen LogP) is -1.64. The number of benzene rings is 1. The summed E-state index contributed by atoms with van der Waals surface area (Å²) >= 11 is 0. The van der Waals surface area contributed by atoms with Crippen LogP contribution in [0.15, 0.2) is 30.3 Å². The van der Waals surface area contributed by atoms with E-state index in [1.54, 1.807) is 18.2 Å². The molecule has 0 bridgehead atoms. The molecule has 2 aromatic heterocycles. The first-order valence-corrected chi connectivity index (χ1v) is 8.45. The van der Waals surface area contributed by atoms with Gasteiger partial charge in [-0.05, 0) is 12.1 Å². The van der Waals surface area contributed by atoms with Crippen molar-refractivity contribution in [2.75, 3.05) is 28.4 Å². The zero-order chi connectivity index (χ0) is 21.7. The number of carbonyl (C=O) groups excluding carboxylic acids is 1. The summed E-state index contributed by atoms with van der Waals surface area (Å²) in [5.41, 5.74) is 0.443. The summed E-state index contributed by atoms with van der Waals surface area (Å²) in [7, 11) is 5.71. The van der Waals surface area contributed by atoms with Crippen molar-refractivity contribution < 1.29 is 63.1 Å². The average molecular weight is 436 g/mol. The largest absolute Gasteiger partial charge is 1.00 e. The Kier molecular flexibility index (Phi) is 8.37. The van der Waals surface area contributed by atoms with Gasteiger partial charge in [-0.3, -0.25) is 0 Å². The monoisotopic (exact) mass is 436 g/mol. The van der Waals surface area contributed by atoms with Crippen LogP contribution in [0.3, 0.4) is 0 Å². The molecule has 3 aromatic rings. The van der Waals surface area contributed by atoms with E-state index in [0.29, 0.717) is 0 Å². The van der Waals surface area contributed by atoms with Gasteiger partial charge >= 0.3 is 29.6 Å². The van der Waals surface area contributed by atoms with E-state index in [4.69, 9.17) is 23.7 Å². The minimum atomic E-state index is -1.78. The van der Waals surface area contributed by atoms with Crippen LogP contribution in [0.25, 0.3) is 22.8 Å². The fourth-order valence-corrected chi connectivity index (χ4v) is 2.55. The fourth-order valence-electron chi connectivity index (χ4n) is 2.55. The van der Waals surface area contributed by atoms with Gasteiger partial charge in [0.1, 0.15) is 0 Å². The number of methoxy groups -OCH3 is 4. The van der Waals surface area contributed by atoms with Crippen molar-refractivity contribution in [2.24, 2.45) is 0 Å². The number of nitrogens with zero attached hydrogens (tertiary/aromatic N) is 4. The Bertz CT molecular complexity index is 963. The number of para-hydroxylation sites is 1. The van der Waals surface area contributed by atoms with Crippen molar-refractivity contribution in [1.82, 2.24) is 19.9 Å². The van der Waals surface area contributed by atoms with Gasteiger partial charge < -0.3 is 33.6 Å². The van der Waals surface area contributed by atoms with Gasteiger partial charge in [0.2, 0.25) is 23.5 Å². The molecule has 12 heteroatoms. The van der Waals surface area contributed by atoms with Gasteiger partial charge in [0.15, 0.2) is 11.6 Å². The standard InChI is InChI=1S/C19H18N4O7.Na/c1-26-12-8-13(27-2)21-17(20-12)10-6-5-7-11(16(10)30-19(24)25)18-22-14(28-3)9-15(23-18)29-4;/h5-9H,1-4H3,(H,24,25);/q;+1/p-1. The molecule has 0 unspecified atom stereocenters. The van der Waals surface area contributed by atoms with Crippen LogP contribution in [0.5, 0.6) is 29.3 Å². The average Bonchev–Trinajstić information content (AvgIpc) is 2.77. The van der Waals surface area contributed by atoms with Crippen LogP contribution in [-0.2, 0) is 0 Å². The minimum absolute atomic E-state index is 0. The van der Waals surface area contributed by atoms with Crippen LogP contribution in [-0.4, -0.2) is 54.5 Å². The summed E-state index contributed by atoms with van der Waals surface area (Å²) in [4.78, 5) is 28.3. The van der Waals surface area contributed by atoms with Crippen LogP contribution in [0.2, 0.25) is 0 Å². The molecule has 31 heavy (non-hydrogen) atoms. The van der Waals surface area contributed by atoms with Gasteiger partial charge in [-0.1, -0.05) is 6.07 Å². The van der Waals surface area contributed by atoms with Crippen LogP contribution >= 0.6 is 0 Å². The third kappa shape index (κ3) is 5.51. The molecule has 0 saturated heterocycles.